The van der Waals surface area contributed by atoms with Crippen LogP contribution in [-0.2, 0) is 13.0 Å². The number of benzene rings is 1. The molecule has 104 valence electrons. The molecule has 0 saturated carbocycles. The van der Waals surface area contributed by atoms with Gasteiger partial charge in [0.2, 0.25) is 0 Å². The van der Waals surface area contributed by atoms with Gasteiger partial charge in [0.1, 0.15) is 10.8 Å². The van der Waals surface area contributed by atoms with Crippen LogP contribution in [0.1, 0.15) is 22.1 Å². The van der Waals surface area contributed by atoms with Crippen LogP contribution in [0, 0.1) is 13.8 Å². The first-order chi connectivity index (χ1) is 9.69. The molecule has 5 heteroatoms. The number of alkyl halides is 1. The molecule has 0 atom stereocenters. The van der Waals surface area contributed by atoms with Crippen molar-refractivity contribution in [2.45, 2.75) is 26.8 Å². The number of aryl methyl sites for hydroxylation is 3. The summed E-state index contributed by atoms with van der Waals surface area (Å²) < 4.78 is 2.24. The SMILES string of the molecule is Cc1csc(Cn2c(CCCl)nc3c(C)cccc32)n1. The summed E-state index contributed by atoms with van der Waals surface area (Å²) in [5.74, 6) is 1.62. The fourth-order valence-electron chi connectivity index (χ4n) is 2.40. The Labute approximate surface area is 127 Å². The molecule has 3 rings (SSSR count). The van der Waals surface area contributed by atoms with E-state index in [1.807, 2.05) is 6.92 Å². The number of imidazole rings is 1. The van der Waals surface area contributed by atoms with Crippen LogP contribution in [0.3, 0.4) is 0 Å². The molecule has 0 amide bonds. The first-order valence-electron chi connectivity index (χ1n) is 6.60. The number of rotatable bonds is 4. The van der Waals surface area contributed by atoms with Crippen LogP contribution >= 0.6 is 22.9 Å². The van der Waals surface area contributed by atoms with E-state index in [0.29, 0.717) is 5.88 Å². The van der Waals surface area contributed by atoms with E-state index in [0.717, 1.165) is 40.5 Å². The number of halogens is 1. The quantitative estimate of drug-likeness (QED) is 0.684. The molecule has 0 aliphatic rings. The normalized spacial score (nSPS) is 11.3. The number of thiazole rings is 1. The lowest BCUT2D eigenvalue weighted by molar-refractivity contribution is 0.748. The largest absolute Gasteiger partial charge is 0.321 e. The van der Waals surface area contributed by atoms with E-state index in [1.165, 1.54) is 5.56 Å². The molecule has 3 aromatic rings. The maximum absolute atomic E-state index is 5.92. The van der Waals surface area contributed by atoms with Gasteiger partial charge in [-0.1, -0.05) is 12.1 Å². The summed E-state index contributed by atoms with van der Waals surface area (Å²) in [6, 6.07) is 6.29. The molecule has 0 aliphatic carbocycles. The van der Waals surface area contributed by atoms with Gasteiger partial charge in [-0.2, -0.15) is 0 Å². The molecule has 3 nitrogen and oxygen atoms in total. The topological polar surface area (TPSA) is 30.7 Å². The highest BCUT2D eigenvalue weighted by atomic mass is 35.5. The van der Waals surface area contributed by atoms with Gasteiger partial charge in [-0.15, -0.1) is 22.9 Å². The van der Waals surface area contributed by atoms with Crippen molar-refractivity contribution < 1.29 is 0 Å². The van der Waals surface area contributed by atoms with E-state index in [1.54, 1.807) is 11.3 Å². The second kappa shape index (κ2) is 5.54. The fraction of sp³-hybridized carbons (Fsp3) is 0.333. The van der Waals surface area contributed by atoms with Crippen molar-refractivity contribution in [3.63, 3.8) is 0 Å². The van der Waals surface area contributed by atoms with E-state index in [-0.39, 0.29) is 0 Å². The van der Waals surface area contributed by atoms with Crippen molar-refractivity contribution in [1.29, 1.82) is 0 Å². The summed E-state index contributed by atoms with van der Waals surface area (Å²) in [6.45, 7) is 4.89. The van der Waals surface area contributed by atoms with Gasteiger partial charge in [0.25, 0.3) is 0 Å². The molecule has 0 unspecified atom stereocenters. The second-order valence-corrected chi connectivity index (χ2v) is 6.20. The fourth-order valence-corrected chi connectivity index (χ4v) is 3.33. The number of aromatic nitrogens is 3. The molecule has 0 aliphatic heterocycles. The highest BCUT2D eigenvalue weighted by molar-refractivity contribution is 7.09. The van der Waals surface area contributed by atoms with Gasteiger partial charge in [0.15, 0.2) is 0 Å². The molecule has 2 heterocycles. The number of hydrogen-bond donors (Lipinski definition) is 0. The molecule has 0 radical (unpaired) electrons. The predicted molar refractivity (Wildman–Crippen MR) is 84.8 cm³/mol. The third-order valence-corrected chi connectivity index (χ3v) is 4.48. The smallest absolute Gasteiger partial charge is 0.113 e. The molecule has 1 aromatic carbocycles. The van der Waals surface area contributed by atoms with Crippen molar-refractivity contribution in [2.24, 2.45) is 0 Å². The number of para-hydroxylation sites is 1. The molecule has 0 saturated heterocycles. The lowest BCUT2D eigenvalue weighted by Gasteiger charge is -2.06. The molecule has 0 bridgehead atoms. The van der Waals surface area contributed by atoms with E-state index in [9.17, 15) is 0 Å². The van der Waals surface area contributed by atoms with Crippen molar-refractivity contribution in [1.82, 2.24) is 14.5 Å². The van der Waals surface area contributed by atoms with Gasteiger partial charge >= 0.3 is 0 Å². The van der Waals surface area contributed by atoms with Gasteiger partial charge in [0, 0.05) is 23.4 Å². The Bertz CT molecular complexity index is 745. The minimum Gasteiger partial charge on any atom is -0.321 e. The Morgan fingerprint density at radius 1 is 1.25 bits per heavy atom. The first-order valence-corrected chi connectivity index (χ1v) is 8.02. The van der Waals surface area contributed by atoms with Gasteiger partial charge in [0.05, 0.1) is 17.6 Å². The zero-order valence-electron chi connectivity index (χ0n) is 11.6. The van der Waals surface area contributed by atoms with E-state index in [4.69, 9.17) is 16.6 Å². The van der Waals surface area contributed by atoms with Crippen molar-refractivity contribution in [3.05, 3.63) is 45.7 Å². The monoisotopic (exact) mass is 305 g/mol. The highest BCUT2D eigenvalue weighted by Gasteiger charge is 2.13. The minimum atomic E-state index is 0.583. The van der Waals surface area contributed by atoms with E-state index in [2.05, 4.69) is 40.1 Å². The molecule has 0 fully saturated rings. The summed E-state index contributed by atoms with van der Waals surface area (Å²) in [5, 5.41) is 3.19. The van der Waals surface area contributed by atoms with Gasteiger partial charge < -0.3 is 4.57 Å². The van der Waals surface area contributed by atoms with Crippen LogP contribution in [0.2, 0.25) is 0 Å². The van der Waals surface area contributed by atoms with Crippen molar-refractivity contribution >= 4 is 34.0 Å². The van der Waals surface area contributed by atoms with Crippen LogP contribution < -0.4 is 0 Å². The Morgan fingerprint density at radius 2 is 2.10 bits per heavy atom. The third kappa shape index (κ3) is 2.45. The van der Waals surface area contributed by atoms with Crippen molar-refractivity contribution in [3.8, 4) is 0 Å². The molecule has 20 heavy (non-hydrogen) atoms. The van der Waals surface area contributed by atoms with Crippen LogP contribution in [0.5, 0.6) is 0 Å². The Kier molecular flexibility index (Phi) is 3.76. The molecule has 2 aromatic heterocycles. The third-order valence-electron chi connectivity index (χ3n) is 3.34. The summed E-state index contributed by atoms with van der Waals surface area (Å²) >= 11 is 7.61. The number of fused-ring (bicyclic) bond motifs is 1. The van der Waals surface area contributed by atoms with Crippen LogP contribution in [-0.4, -0.2) is 20.4 Å². The first kappa shape index (κ1) is 13.6. The average Bonchev–Trinajstić information content (AvgIpc) is 2.97. The molecule has 0 spiro atoms. The summed E-state index contributed by atoms with van der Waals surface area (Å²) in [4.78, 5) is 9.31. The van der Waals surface area contributed by atoms with E-state index >= 15 is 0 Å². The number of nitrogens with zero attached hydrogens (tertiary/aromatic N) is 3. The molecule has 0 N–H and O–H groups in total. The molecular formula is C15H16ClN3S. The summed E-state index contributed by atoms with van der Waals surface area (Å²) in [6.07, 6.45) is 0.778. The highest BCUT2D eigenvalue weighted by Crippen LogP contribution is 2.22. The number of hydrogen-bond acceptors (Lipinski definition) is 3. The van der Waals surface area contributed by atoms with Gasteiger partial charge in [-0.25, -0.2) is 9.97 Å². The Morgan fingerprint density at radius 3 is 2.80 bits per heavy atom. The van der Waals surface area contributed by atoms with Crippen molar-refractivity contribution in [2.75, 3.05) is 5.88 Å². The second-order valence-electron chi connectivity index (χ2n) is 4.88. The average molecular weight is 306 g/mol. The zero-order valence-corrected chi connectivity index (χ0v) is 13.1. The maximum atomic E-state index is 5.92. The minimum absolute atomic E-state index is 0.583. The predicted octanol–water partition coefficient (Wildman–Crippen LogP) is 3.94. The van der Waals surface area contributed by atoms with Crippen LogP contribution in [0.25, 0.3) is 11.0 Å². The van der Waals surface area contributed by atoms with E-state index < -0.39 is 0 Å². The van der Waals surface area contributed by atoms with Gasteiger partial charge in [-0.05, 0) is 25.5 Å². The summed E-state index contributed by atoms with van der Waals surface area (Å²) in [5.41, 5.74) is 4.51. The van der Waals surface area contributed by atoms with Crippen LogP contribution in [0.15, 0.2) is 23.6 Å². The van der Waals surface area contributed by atoms with Crippen LogP contribution in [0.4, 0.5) is 0 Å². The van der Waals surface area contributed by atoms with Gasteiger partial charge in [-0.3, -0.25) is 0 Å². The lowest BCUT2D eigenvalue weighted by Crippen LogP contribution is -2.05. The maximum Gasteiger partial charge on any atom is 0.113 e. The Hall–Kier alpha value is -1.39. The molecular weight excluding hydrogens is 290 g/mol. The standard InChI is InChI=1S/C15H16ClN3S/c1-10-4-3-5-12-15(10)18-13(6-7-16)19(12)8-14-17-11(2)9-20-14/h3-5,9H,6-8H2,1-2H3. The summed E-state index contributed by atoms with van der Waals surface area (Å²) in [7, 11) is 0. The Balaban J connectivity index is 2.11. The zero-order chi connectivity index (χ0) is 14.1. The lowest BCUT2D eigenvalue weighted by atomic mass is 10.2.